The van der Waals surface area contributed by atoms with E-state index in [1.54, 1.807) is 30.3 Å². The van der Waals surface area contributed by atoms with Crippen LogP contribution in [0.15, 0.2) is 81.8 Å². The molecular weight excluding hydrogens is 434 g/mol. The number of benzene rings is 2. The van der Waals surface area contributed by atoms with Crippen LogP contribution in [0.2, 0.25) is 5.02 Å². The second kappa shape index (κ2) is 7.41. The summed E-state index contributed by atoms with van der Waals surface area (Å²) in [6.45, 7) is 1.83. The highest BCUT2D eigenvalue weighted by atomic mass is 35.5. The summed E-state index contributed by atoms with van der Waals surface area (Å²) >= 11 is 7.50. The second-order valence-corrected chi connectivity index (χ2v) is 8.68. The zero-order chi connectivity index (χ0) is 21.7. The van der Waals surface area contributed by atoms with Gasteiger partial charge < -0.3 is 9.52 Å². The number of carbonyl (C=O) groups is 2. The van der Waals surface area contributed by atoms with Crippen molar-refractivity contribution < 1.29 is 19.1 Å². The van der Waals surface area contributed by atoms with Crippen molar-refractivity contribution in [1.82, 2.24) is 0 Å². The number of Topliss-reactive ketones (excluding diaryl/α,β-unsaturated/α-hetero) is 1. The van der Waals surface area contributed by atoms with Crippen LogP contribution in [0.5, 0.6) is 0 Å². The summed E-state index contributed by atoms with van der Waals surface area (Å²) in [7, 11) is 0. The van der Waals surface area contributed by atoms with Crippen molar-refractivity contribution in [3.63, 3.8) is 0 Å². The number of carbonyl (C=O) groups excluding carboxylic acids is 2. The molecule has 7 heteroatoms. The average molecular weight is 450 g/mol. The molecule has 0 radical (unpaired) electrons. The number of rotatable bonds is 4. The summed E-state index contributed by atoms with van der Waals surface area (Å²) in [5.41, 5.74) is 1.90. The van der Waals surface area contributed by atoms with Crippen molar-refractivity contribution >= 4 is 51.3 Å². The number of hydrogen-bond donors (Lipinski definition) is 1. The van der Waals surface area contributed by atoms with E-state index in [1.807, 2.05) is 42.6 Å². The molecule has 1 aliphatic rings. The number of furan rings is 1. The number of nitrogens with zero attached hydrogens (tertiary/aromatic N) is 1. The van der Waals surface area contributed by atoms with Gasteiger partial charge in [0, 0.05) is 21.0 Å². The predicted molar refractivity (Wildman–Crippen MR) is 121 cm³/mol. The fourth-order valence-electron chi connectivity index (χ4n) is 3.92. The monoisotopic (exact) mass is 449 g/mol. The van der Waals surface area contributed by atoms with Gasteiger partial charge in [-0.2, -0.15) is 0 Å². The highest BCUT2D eigenvalue weighted by molar-refractivity contribution is 7.10. The maximum atomic E-state index is 13.5. The Morgan fingerprint density at radius 3 is 2.65 bits per heavy atom. The van der Waals surface area contributed by atoms with Crippen molar-refractivity contribution in [3.05, 3.63) is 98.6 Å². The van der Waals surface area contributed by atoms with E-state index in [4.69, 9.17) is 16.0 Å². The van der Waals surface area contributed by atoms with Gasteiger partial charge in [0.25, 0.3) is 5.91 Å². The third-order valence-corrected chi connectivity index (χ3v) is 6.49. The molecule has 5 rings (SSSR count). The van der Waals surface area contributed by atoms with Crippen LogP contribution in [0.4, 0.5) is 5.69 Å². The molecule has 0 saturated carbocycles. The number of fused-ring (bicyclic) bond motifs is 1. The Morgan fingerprint density at radius 2 is 1.94 bits per heavy atom. The lowest BCUT2D eigenvalue weighted by Gasteiger charge is -2.27. The molecule has 0 aliphatic carbocycles. The van der Waals surface area contributed by atoms with Gasteiger partial charge in [-0.15, -0.1) is 11.3 Å². The normalized spacial score (nSPS) is 16.5. The Hall–Kier alpha value is -3.35. The molecule has 5 nitrogen and oxygen atoms in total. The summed E-state index contributed by atoms with van der Waals surface area (Å²) in [5.74, 6) is -1.65. The summed E-state index contributed by atoms with van der Waals surface area (Å²) in [4.78, 5) is 28.9. The maximum Gasteiger partial charge on any atom is 0.294 e. The number of anilines is 1. The fraction of sp³-hybridized carbons (Fsp3) is 0.0833. The van der Waals surface area contributed by atoms with E-state index in [9.17, 15) is 14.7 Å². The van der Waals surface area contributed by atoms with Crippen LogP contribution in [0, 0.1) is 6.92 Å². The van der Waals surface area contributed by atoms with Crippen LogP contribution < -0.4 is 4.90 Å². The van der Waals surface area contributed by atoms with Gasteiger partial charge in [-0.05, 0) is 54.3 Å². The Kier molecular flexibility index (Phi) is 4.68. The summed E-state index contributed by atoms with van der Waals surface area (Å²) in [5, 5.41) is 14.0. The Labute approximate surface area is 186 Å². The van der Waals surface area contributed by atoms with Gasteiger partial charge in [0.05, 0.1) is 5.57 Å². The van der Waals surface area contributed by atoms with Crippen LogP contribution in [0.25, 0.3) is 11.0 Å². The smallest absolute Gasteiger partial charge is 0.294 e. The lowest BCUT2D eigenvalue weighted by molar-refractivity contribution is -0.117. The second-order valence-electron chi connectivity index (χ2n) is 7.26. The van der Waals surface area contributed by atoms with Crippen molar-refractivity contribution in [2.24, 2.45) is 0 Å². The fourth-order valence-corrected chi connectivity index (χ4v) is 4.97. The van der Waals surface area contributed by atoms with E-state index in [1.165, 1.54) is 16.2 Å². The van der Waals surface area contributed by atoms with Gasteiger partial charge in [0.1, 0.15) is 11.6 Å². The molecule has 1 unspecified atom stereocenters. The number of aryl methyl sites for hydroxylation is 1. The highest BCUT2D eigenvalue weighted by Gasteiger charge is 2.46. The molecule has 3 heterocycles. The van der Waals surface area contributed by atoms with E-state index in [0.29, 0.717) is 16.3 Å². The van der Waals surface area contributed by atoms with Crippen LogP contribution in [-0.4, -0.2) is 16.8 Å². The number of hydrogen-bond acceptors (Lipinski definition) is 5. The molecule has 0 bridgehead atoms. The summed E-state index contributed by atoms with van der Waals surface area (Å²) in [6, 6.07) is 16.9. The van der Waals surface area contributed by atoms with E-state index in [-0.39, 0.29) is 11.3 Å². The molecule has 0 saturated heterocycles. The number of aliphatic hydroxyl groups excluding tert-OH is 1. The first-order valence-electron chi connectivity index (χ1n) is 9.55. The largest absolute Gasteiger partial charge is 0.503 e. The molecule has 1 aliphatic heterocycles. The molecule has 4 aromatic rings. The topological polar surface area (TPSA) is 70.8 Å². The third kappa shape index (κ3) is 3.15. The molecule has 2 aromatic carbocycles. The van der Waals surface area contributed by atoms with Gasteiger partial charge in [-0.25, -0.2) is 0 Å². The number of ketones is 1. The first-order chi connectivity index (χ1) is 15.0. The van der Waals surface area contributed by atoms with E-state index in [2.05, 4.69) is 0 Å². The zero-order valence-corrected chi connectivity index (χ0v) is 17.9. The SMILES string of the molecule is Cc1cc(Cl)ccc1N1C(=O)C(O)=C(C(=O)c2cc3ccccc3o2)C1c1cccs1. The van der Waals surface area contributed by atoms with Gasteiger partial charge in [0.15, 0.2) is 11.5 Å². The quantitative estimate of drug-likeness (QED) is 0.374. The number of para-hydroxylation sites is 1. The van der Waals surface area contributed by atoms with Crippen molar-refractivity contribution in [3.8, 4) is 0 Å². The first-order valence-corrected chi connectivity index (χ1v) is 10.8. The van der Waals surface area contributed by atoms with Crippen molar-refractivity contribution in [2.75, 3.05) is 4.90 Å². The predicted octanol–water partition coefficient (Wildman–Crippen LogP) is 6.24. The lowest BCUT2D eigenvalue weighted by Crippen LogP contribution is -2.31. The molecular formula is C24H16ClNO4S. The minimum absolute atomic E-state index is 0.000793. The van der Waals surface area contributed by atoms with Crippen LogP contribution in [-0.2, 0) is 4.79 Å². The lowest BCUT2D eigenvalue weighted by atomic mass is 9.99. The Balaban J connectivity index is 1.66. The number of thiophene rings is 1. The summed E-state index contributed by atoms with van der Waals surface area (Å²) < 4.78 is 5.73. The van der Waals surface area contributed by atoms with Gasteiger partial charge in [0.2, 0.25) is 5.78 Å². The number of aliphatic hydroxyl groups is 1. The van der Waals surface area contributed by atoms with Crippen LogP contribution in [0.1, 0.15) is 27.0 Å². The number of halogens is 1. The van der Waals surface area contributed by atoms with E-state index in [0.717, 1.165) is 15.8 Å². The van der Waals surface area contributed by atoms with Crippen LogP contribution >= 0.6 is 22.9 Å². The summed E-state index contributed by atoms with van der Waals surface area (Å²) in [6.07, 6.45) is 0. The minimum atomic E-state index is -0.770. The molecule has 0 spiro atoms. The van der Waals surface area contributed by atoms with Gasteiger partial charge in [-0.1, -0.05) is 35.9 Å². The molecule has 1 N–H and O–H groups in total. The third-order valence-electron chi connectivity index (χ3n) is 5.33. The highest BCUT2D eigenvalue weighted by Crippen LogP contribution is 2.44. The molecule has 2 aromatic heterocycles. The molecule has 31 heavy (non-hydrogen) atoms. The zero-order valence-electron chi connectivity index (χ0n) is 16.3. The first kappa shape index (κ1) is 19.6. The molecule has 1 amide bonds. The van der Waals surface area contributed by atoms with E-state index < -0.39 is 23.5 Å². The maximum absolute atomic E-state index is 13.5. The Morgan fingerprint density at radius 1 is 1.13 bits per heavy atom. The van der Waals surface area contributed by atoms with Crippen LogP contribution in [0.3, 0.4) is 0 Å². The number of amides is 1. The van der Waals surface area contributed by atoms with Crippen molar-refractivity contribution in [1.29, 1.82) is 0 Å². The Bertz CT molecular complexity index is 1340. The van der Waals surface area contributed by atoms with Gasteiger partial charge >= 0.3 is 0 Å². The van der Waals surface area contributed by atoms with Gasteiger partial charge in [-0.3, -0.25) is 14.5 Å². The average Bonchev–Trinajstić information content (AvgIpc) is 3.47. The molecule has 0 fully saturated rings. The minimum Gasteiger partial charge on any atom is -0.503 e. The standard InChI is InChI=1S/C24H16ClNO4S/c1-13-11-15(25)8-9-16(13)26-21(19-7-4-10-31-19)20(23(28)24(26)29)22(27)18-12-14-5-2-3-6-17(14)30-18/h2-12,21,28H,1H3. The van der Waals surface area contributed by atoms with Crippen molar-refractivity contribution in [2.45, 2.75) is 13.0 Å². The molecule has 154 valence electrons. The molecule has 1 atom stereocenters. The van der Waals surface area contributed by atoms with E-state index >= 15 is 0 Å².